The molecule has 0 bridgehead atoms. The molecular formula is C12H8F3N3. The van der Waals surface area contributed by atoms with Crippen molar-refractivity contribution in [2.24, 2.45) is 4.99 Å². The normalized spacial score (nSPS) is 14.7. The van der Waals surface area contributed by atoms with Gasteiger partial charge in [0.05, 0.1) is 12.1 Å². The zero-order valence-electron chi connectivity index (χ0n) is 9.20. The molecule has 1 aliphatic rings. The summed E-state index contributed by atoms with van der Waals surface area (Å²) in [6.45, 7) is 0.591. The average molecular weight is 251 g/mol. The van der Waals surface area contributed by atoms with Crippen LogP contribution in [0.2, 0.25) is 0 Å². The number of aromatic nitrogens is 2. The molecular weight excluding hydrogens is 243 g/mol. The second-order valence-corrected chi connectivity index (χ2v) is 3.52. The summed E-state index contributed by atoms with van der Waals surface area (Å²) in [5.74, 6) is 4.42. The van der Waals surface area contributed by atoms with E-state index in [2.05, 4.69) is 26.8 Å². The Morgan fingerprint density at radius 3 is 2.39 bits per heavy atom. The Balaban J connectivity index is 2.12. The molecule has 0 unspecified atom stereocenters. The lowest BCUT2D eigenvalue weighted by Crippen LogP contribution is -2.10. The lowest BCUT2D eigenvalue weighted by molar-refractivity contribution is -0.145. The molecule has 1 aromatic rings. The van der Waals surface area contributed by atoms with Crippen LogP contribution >= 0.6 is 0 Å². The molecule has 0 aromatic carbocycles. The van der Waals surface area contributed by atoms with Gasteiger partial charge in [-0.15, -0.1) is 0 Å². The van der Waals surface area contributed by atoms with Crippen molar-refractivity contribution in [3.63, 3.8) is 0 Å². The third-order valence-corrected chi connectivity index (χ3v) is 2.16. The predicted molar refractivity (Wildman–Crippen MR) is 60.0 cm³/mol. The number of halogens is 3. The fourth-order valence-electron chi connectivity index (χ4n) is 1.28. The zero-order valence-corrected chi connectivity index (χ0v) is 9.20. The highest BCUT2D eigenvalue weighted by Crippen LogP contribution is 2.25. The quantitative estimate of drug-likeness (QED) is 0.663. The van der Waals surface area contributed by atoms with Crippen LogP contribution in [0.1, 0.15) is 17.8 Å². The average Bonchev–Trinajstić information content (AvgIpc) is 2.37. The molecule has 0 aliphatic carbocycles. The molecule has 1 aromatic heterocycles. The van der Waals surface area contributed by atoms with E-state index in [9.17, 15) is 13.2 Å². The van der Waals surface area contributed by atoms with Gasteiger partial charge >= 0.3 is 6.18 Å². The van der Waals surface area contributed by atoms with E-state index in [1.54, 1.807) is 6.21 Å². The molecule has 2 rings (SSSR count). The number of hydrogen-bond acceptors (Lipinski definition) is 3. The Bertz CT molecular complexity index is 545. The van der Waals surface area contributed by atoms with Gasteiger partial charge in [-0.05, 0) is 0 Å². The molecule has 0 saturated carbocycles. The van der Waals surface area contributed by atoms with E-state index in [1.165, 1.54) is 0 Å². The molecule has 0 atom stereocenters. The van der Waals surface area contributed by atoms with Gasteiger partial charge in [0.1, 0.15) is 0 Å². The molecule has 0 saturated heterocycles. The van der Waals surface area contributed by atoms with Gasteiger partial charge in [-0.2, -0.15) is 13.2 Å². The van der Waals surface area contributed by atoms with Crippen molar-refractivity contribution in [1.82, 2.24) is 9.97 Å². The van der Waals surface area contributed by atoms with Crippen molar-refractivity contribution in [2.45, 2.75) is 12.6 Å². The van der Waals surface area contributed by atoms with Gasteiger partial charge in [0.2, 0.25) is 5.82 Å². The molecule has 0 amide bonds. The monoisotopic (exact) mass is 251 g/mol. The van der Waals surface area contributed by atoms with Crippen molar-refractivity contribution in [1.29, 1.82) is 0 Å². The topological polar surface area (TPSA) is 38.1 Å². The predicted octanol–water partition coefficient (Wildman–Crippen LogP) is 2.25. The third kappa shape index (κ3) is 3.17. The Kier molecular flexibility index (Phi) is 3.42. The summed E-state index contributed by atoms with van der Waals surface area (Å²) in [4.78, 5) is 10.5. The van der Waals surface area contributed by atoms with E-state index in [1.807, 2.05) is 6.08 Å². The van der Waals surface area contributed by atoms with E-state index in [0.29, 0.717) is 18.5 Å². The third-order valence-electron chi connectivity index (χ3n) is 2.16. The first-order valence-corrected chi connectivity index (χ1v) is 5.14. The van der Waals surface area contributed by atoms with Crippen LogP contribution in [-0.2, 0) is 6.18 Å². The van der Waals surface area contributed by atoms with E-state index in [0.717, 1.165) is 18.0 Å². The summed E-state index contributed by atoms with van der Waals surface area (Å²) >= 11 is 0. The number of dihydropyridines is 1. The maximum Gasteiger partial charge on any atom is 0.451 e. The lowest BCUT2D eigenvalue weighted by atomic mass is 10.1. The van der Waals surface area contributed by atoms with Crippen LogP contribution in [0, 0.1) is 11.8 Å². The molecule has 0 fully saturated rings. The van der Waals surface area contributed by atoms with E-state index in [4.69, 9.17) is 0 Å². The fraction of sp³-hybridized carbons (Fsp3) is 0.250. The summed E-state index contributed by atoms with van der Waals surface area (Å²) in [7, 11) is 0. The SMILES string of the molecule is FC(F)(F)c1ncc(C#CC2=CCN=CC2)cn1. The van der Waals surface area contributed by atoms with Crippen LogP contribution in [0.25, 0.3) is 0 Å². The van der Waals surface area contributed by atoms with Crippen molar-refractivity contribution in [2.75, 3.05) is 6.54 Å². The molecule has 2 heterocycles. The van der Waals surface area contributed by atoms with Crippen molar-refractivity contribution in [3.05, 3.63) is 35.4 Å². The Hall–Kier alpha value is -2.16. The number of nitrogens with zero attached hydrogens (tertiary/aromatic N) is 3. The molecule has 6 heteroatoms. The maximum atomic E-state index is 12.2. The summed E-state index contributed by atoms with van der Waals surface area (Å²) < 4.78 is 36.6. The second-order valence-electron chi connectivity index (χ2n) is 3.52. The number of alkyl halides is 3. The minimum atomic E-state index is -4.52. The summed E-state index contributed by atoms with van der Waals surface area (Å²) in [6, 6.07) is 0. The van der Waals surface area contributed by atoms with Gasteiger partial charge in [0.25, 0.3) is 0 Å². The highest BCUT2D eigenvalue weighted by atomic mass is 19.4. The van der Waals surface area contributed by atoms with Gasteiger partial charge in [0, 0.05) is 30.6 Å². The van der Waals surface area contributed by atoms with E-state index >= 15 is 0 Å². The maximum absolute atomic E-state index is 12.2. The number of hydrogen-bond donors (Lipinski definition) is 0. The standard InChI is InChI=1S/C12H8F3N3/c13-12(14,15)11-17-7-10(8-18-11)2-1-9-3-5-16-6-4-9/h3,6-8H,4-5H2. The van der Waals surface area contributed by atoms with Gasteiger partial charge in [0.15, 0.2) is 0 Å². The number of rotatable bonds is 0. The van der Waals surface area contributed by atoms with Crippen LogP contribution in [0.5, 0.6) is 0 Å². The minimum Gasteiger partial charge on any atom is -0.293 e. The van der Waals surface area contributed by atoms with Crippen molar-refractivity contribution < 1.29 is 13.2 Å². The van der Waals surface area contributed by atoms with E-state index in [-0.39, 0.29) is 0 Å². The zero-order chi connectivity index (χ0) is 13.0. The summed E-state index contributed by atoms with van der Waals surface area (Å²) in [5, 5.41) is 0. The highest BCUT2D eigenvalue weighted by molar-refractivity contribution is 5.65. The molecule has 1 aliphatic heterocycles. The molecule has 3 nitrogen and oxygen atoms in total. The van der Waals surface area contributed by atoms with Gasteiger partial charge < -0.3 is 0 Å². The molecule has 18 heavy (non-hydrogen) atoms. The van der Waals surface area contributed by atoms with Crippen molar-refractivity contribution in [3.8, 4) is 11.8 Å². The largest absolute Gasteiger partial charge is 0.451 e. The highest BCUT2D eigenvalue weighted by Gasteiger charge is 2.34. The van der Waals surface area contributed by atoms with Gasteiger partial charge in [-0.3, -0.25) is 4.99 Å². The first-order chi connectivity index (χ1) is 8.55. The Morgan fingerprint density at radius 2 is 1.83 bits per heavy atom. The first kappa shape index (κ1) is 12.3. The van der Waals surface area contributed by atoms with Crippen LogP contribution in [0.15, 0.2) is 29.0 Å². The minimum absolute atomic E-state index is 0.353. The van der Waals surface area contributed by atoms with Gasteiger partial charge in [-0.25, -0.2) is 9.97 Å². The molecule has 0 radical (unpaired) electrons. The van der Waals surface area contributed by atoms with Crippen molar-refractivity contribution >= 4 is 6.21 Å². The van der Waals surface area contributed by atoms with Crippen LogP contribution in [-0.4, -0.2) is 22.7 Å². The van der Waals surface area contributed by atoms with Crippen LogP contribution < -0.4 is 0 Å². The molecule has 0 N–H and O–H groups in total. The smallest absolute Gasteiger partial charge is 0.293 e. The van der Waals surface area contributed by atoms with Crippen LogP contribution in [0.3, 0.4) is 0 Å². The Labute approximate surface area is 101 Å². The molecule has 92 valence electrons. The van der Waals surface area contributed by atoms with E-state index < -0.39 is 12.0 Å². The van der Waals surface area contributed by atoms with Crippen LogP contribution in [0.4, 0.5) is 13.2 Å². The first-order valence-electron chi connectivity index (χ1n) is 5.14. The lowest BCUT2D eigenvalue weighted by Gasteiger charge is -2.02. The molecule has 0 spiro atoms. The van der Waals surface area contributed by atoms with Gasteiger partial charge in [-0.1, -0.05) is 17.9 Å². The second kappa shape index (κ2) is 5.00. The number of aliphatic imine (C=N–C) groups is 1. The fourth-order valence-corrected chi connectivity index (χ4v) is 1.28. The summed E-state index contributed by atoms with van der Waals surface area (Å²) in [6.07, 6.45) is 1.90. The Morgan fingerprint density at radius 1 is 1.11 bits per heavy atom. The summed E-state index contributed by atoms with van der Waals surface area (Å²) in [5.41, 5.74) is 1.25. The number of allylic oxidation sites excluding steroid dienone is 1.